The van der Waals surface area contributed by atoms with Crippen molar-refractivity contribution in [2.75, 3.05) is 13.2 Å². The van der Waals surface area contributed by atoms with E-state index in [0.29, 0.717) is 19.4 Å². The van der Waals surface area contributed by atoms with Crippen molar-refractivity contribution in [2.24, 2.45) is 17.3 Å². The molecule has 2 amide bonds. The quantitative estimate of drug-likeness (QED) is 0.632. The van der Waals surface area contributed by atoms with Crippen molar-refractivity contribution < 1.29 is 23.9 Å². The predicted octanol–water partition coefficient (Wildman–Crippen LogP) is 3.02. The summed E-state index contributed by atoms with van der Waals surface area (Å²) < 4.78 is 5.25. The summed E-state index contributed by atoms with van der Waals surface area (Å²) >= 11 is 0. The van der Waals surface area contributed by atoms with Gasteiger partial charge in [-0.2, -0.15) is 0 Å². The monoisotopic (exact) mass is 459 g/mol. The standard InChI is InChI=1S/C25H37N3O5/c1-16(2)21(28-24(32)33-15-25(3,4)5)20(29)13-18-8-9-19-14-26-12-10-17(19)7-6-11-27-23(31)22(18)30/h10,12,14,16,18,21H,6-9,11,13,15H2,1-5H3,(H,27,31)(H,28,32). The van der Waals surface area contributed by atoms with E-state index in [1.165, 1.54) is 0 Å². The molecule has 0 saturated heterocycles. The Labute approximate surface area is 196 Å². The van der Waals surface area contributed by atoms with Gasteiger partial charge in [0.05, 0.1) is 12.6 Å². The van der Waals surface area contributed by atoms with E-state index in [1.54, 1.807) is 12.4 Å². The van der Waals surface area contributed by atoms with Crippen LogP contribution >= 0.6 is 0 Å². The predicted molar refractivity (Wildman–Crippen MR) is 125 cm³/mol. The molecule has 2 rings (SSSR count). The molecular weight excluding hydrogens is 422 g/mol. The second kappa shape index (κ2) is 11.9. The Morgan fingerprint density at radius 2 is 1.94 bits per heavy atom. The molecule has 8 heteroatoms. The van der Waals surface area contributed by atoms with Gasteiger partial charge in [-0.3, -0.25) is 19.4 Å². The van der Waals surface area contributed by atoms with E-state index in [1.807, 2.05) is 40.7 Å². The Morgan fingerprint density at radius 3 is 2.61 bits per heavy atom. The summed E-state index contributed by atoms with van der Waals surface area (Å²) in [6.07, 6.45) is 5.15. The van der Waals surface area contributed by atoms with Gasteiger partial charge in [-0.25, -0.2) is 4.79 Å². The van der Waals surface area contributed by atoms with Crippen LogP contribution in [-0.4, -0.2) is 47.7 Å². The highest BCUT2D eigenvalue weighted by molar-refractivity contribution is 6.37. The number of ketones is 2. The fraction of sp³-hybridized carbons (Fsp3) is 0.640. The Hall–Kier alpha value is -2.77. The van der Waals surface area contributed by atoms with E-state index in [-0.39, 0.29) is 30.1 Å². The Bertz CT molecular complexity index is 860. The third-order valence-corrected chi connectivity index (χ3v) is 5.64. The number of amides is 2. The van der Waals surface area contributed by atoms with Gasteiger partial charge in [0.2, 0.25) is 5.78 Å². The van der Waals surface area contributed by atoms with Crippen LogP contribution in [0.25, 0.3) is 0 Å². The van der Waals surface area contributed by atoms with Crippen LogP contribution in [0.1, 0.15) is 65.0 Å². The van der Waals surface area contributed by atoms with Gasteiger partial charge in [0, 0.05) is 31.3 Å². The summed E-state index contributed by atoms with van der Waals surface area (Å²) in [6.45, 7) is 10.1. The summed E-state index contributed by atoms with van der Waals surface area (Å²) in [5.74, 6) is -2.50. The molecule has 1 aliphatic heterocycles. The van der Waals surface area contributed by atoms with Gasteiger partial charge in [-0.05, 0) is 54.2 Å². The van der Waals surface area contributed by atoms with Crippen molar-refractivity contribution in [3.05, 3.63) is 29.6 Å². The minimum absolute atomic E-state index is 0.121. The first-order valence-electron chi connectivity index (χ1n) is 11.7. The second-order valence-corrected chi connectivity index (χ2v) is 10.3. The van der Waals surface area contributed by atoms with Gasteiger partial charge < -0.3 is 15.4 Å². The lowest BCUT2D eigenvalue weighted by Crippen LogP contribution is -2.46. The summed E-state index contributed by atoms with van der Waals surface area (Å²) in [5.41, 5.74) is 1.97. The van der Waals surface area contributed by atoms with Crippen LogP contribution in [0.4, 0.5) is 4.79 Å². The number of nitrogens with zero attached hydrogens (tertiary/aromatic N) is 1. The fourth-order valence-corrected chi connectivity index (χ4v) is 3.77. The molecule has 0 saturated carbocycles. The van der Waals surface area contributed by atoms with Crippen LogP contribution < -0.4 is 10.6 Å². The molecule has 182 valence electrons. The van der Waals surface area contributed by atoms with Crippen LogP contribution in [0.2, 0.25) is 0 Å². The van der Waals surface area contributed by atoms with Gasteiger partial charge in [0.15, 0.2) is 5.78 Å². The number of hydrogen-bond acceptors (Lipinski definition) is 6. The average molecular weight is 460 g/mol. The van der Waals surface area contributed by atoms with E-state index in [9.17, 15) is 19.2 Å². The maximum atomic E-state index is 13.1. The van der Waals surface area contributed by atoms with Crippen LogP contribution in [0.15, 0.2) is 18.5 Å². The van der Waals surface area contributed by atoms with Gasteiger partial charge >= 0.3 is 6.09 Å². The fourth-order valence-electron chi connectivity index (χ4n) is 3.77. The van der Waals surface area contributed by atoms with Crippen molar-refractivity contribution in [3.63, 3.8) is 0 Å². The maximum absolute atomic E-state index is 13.1. The second-order valence-electron chi connectivity index (χ2n) is 10.3. The van der Waals surface area contributed by atoms with E-state index in [4.69, 9.17) is 4.74 Å². The number of nitrogens with one attached hydrogen (secondary N) is 2. The number of ether oxygens (including phenoxy) is 1. The van der Waals surface area contributed by atoms with Crippen LogP contribution in [0.3, 0.4) is 0 Å². The van der Waals surface area contributed by atoms with Crippen molar-refractivity contribution in [2.45, 2.75) is 72.8 Å². The number of fused-ring (bicyclic) bond motifs is 1. The van der Waals surface area contributed by atoms with E-state index < -0.39 is 29.7 Å². The van der Waals surface area contributed by atoms with E-state index in [0.717, 1.165) is 24.0 Å². The minimum Gasteiger partial charge on any atom is -0.449 e. The summed E-state index contributed by atoms with van der Waals surface area (Å²) in [7, 11) is 0. The van der Waals surface area contributed by atoms with Gasteiger partial charge in [0.25, 0.3) is 5.91 Å². The van der Waals surface area contributed by atoms with Crippen LogP contribution in [0, 0.1) is 17.3 Å². The molecule has 1 aromatic heterocycles. The molecule has 1 aromatic rings. The zero-order valence-electron chi connectivity index (χ0n) is 20.4. The lowest BCUT2D eigenvalue weighted by atomic mass is 9.86. The summed E-state index contributed by atoms with van der Waals surface area (Å²) in [6, 6.07) is 1.15. The number of hydrogen-bond donors (Lipinski definition) is 2. The number of rotatable bonds is 6. The molecule has 0 radical (unpaired) electrons. The Morgan fingerprint density at radius 1 is 1.21 bits per heavy atom. The van der Waals surface area contributed by atoms with Crippen LogP contribution in [-0.2, 0) is 32.0 Å². The summed E-state index contributed by atoms with van der Waals surface area (Å²) in [5, 5.41) is 5.32. The number of aromatic nitrogens is 1. The highest BCUT2D eigenvalue weighted by atomic mass is 16.5. The van der Waals surface area contributed by atoms with Crippen molar-refractivity contribution in [3.8, 4) is 0 Å². The lowest BCUT2D eigenvalue weighted by Gasteiger charge is -2.24. The molecule has 0 spiro atoms. The lowest BCUT2D eigenvalue weighted by molar-refractivity contribution is -0.141. The topological polar surface area (TPSA) is 114 Å². The first-order valence-corrected chi connectivity index (χ1v) is 11.7. The number of carbonyl (C=O) groups is 4. The number of carbonyl (C=O) groups excluding carboxylic acids is 4. The van der Waals surface area contributed by atoms with Gasteiger partial charge in [-0.15, -0.1) is 0 Å². The minimum atomic E-state index is -0.805. The SMILES string of the molecule is CC(C)C(NC(=O)OCC(C)(C)C)C(=O)CC1CCc2cnccc2CCCNC(=O)C1=O. The smallest absolute Gasteiger partial charge is 0.407 e. The molecule has 33 heavy (non-hydrogen) atoms. The molecule has 2 heterocycles. The third-order valence-electron chi connectivity index (χ3n) is 5.64. The number of Topliss-reactive ketones (excluding diaryl/α,β-unsaturated/α-hetero) is 2. The maximum Gasteiger partial charge on any atom is 0.407 e. The van der Waals surface area contributed by atoms with Crippen LogP contribution in [0.5, 0.6) is 0 Å². The van der Waals surface area contributed by atoms with Crippen molar-refractivity contribution >= 4 is 23.6 Å². The molecule has 2 unspecified atom stereocenters. The van der Waals surface area contributed by atoms with Crippen molar-refractivity contribution in [1.29, 1.82) is 0 Å². The number of alkyl carbamates (subject to hydrolysis) is 1. The molecule has 0 aromatic carbocycles. The first-order chi connectivity index (χ1) is 15.5. The Kier molecular flexibility index (Phi) is 9.56. The first kappa shape index (κ1) is 26.5. The van der Waals surface area contributed by atoms with Gasteiger partial charge in [0.1, 0.15) is 0 Å². The van der Waals surface area contributed by atoms with E-state index in [2.05, 4.69) is 15.6 Å². The average Bonchev–Trinajstić information content (AvgIpc) is 2.77. The van der Waals surface area contributed by atoms with E-state index >= 15 is 0 Å². The largest absolute Gasteiger partial charge is 0.449 e. The highest BCUT2D eigenvalue weighted by Gasteiger charge is 2.32. The zero-order valence-corrected chi connectivity index (χ0v) is 20.4. The van der Waals surface area contributed by atoms with Gasteiger partial charge in [-0.1, -0.05) is 34.6 Å². The molecule has 8 nitrogen and oxygen atoms in total. The molecular formula is C25H37N3O5. The molecule has 0 fully saturated rings. The molecule has 2 N–H and O–H groups in total. The normalized spacial score (nSPS) is 18.5. The number of aryl methyl sites for hydroxylation is 2. The zero-order chi connectivity index (χ0) is 24.6. The molecule has 0 bridgehead atoms. The molecule has 1 aliphatic rings. The van der Waals surface area contributed by atoms with Crippen molar-refractivity contribution in [1.82, 2.24) is 15.6 Å². The number of pyridine rings is 1. The summed E-state index contributed by atoms with van der Waals surface area (Å²) in [4.78, 5) is 54.8. The third kappa shape index (κ3) is 8.59. The molecule has 2 atom stereocenters. The highest BCUT2D eigenvalue weighted by Crippen LogP contribution is 2.21. The Balaban J connectivity index is 2.13. The molecule has 0 aliphatic carbocycles.